The second-order valence-corrected chi connectivity index (χ2v) is 7.90. The van der Waals surface area contributed by atoms with Crippen molar-refractivity contribution in [3.63, 3.8) is 0 Å². The van der Waals surface area contributed by atoms with Crippen LogP contribution < -0.4 is 0 Å². The van der Waals surface area contributed by atoms with Crippen LogP contribution in [0.4, 0.5) is 0 Å². The van der Waals surface area contributed by atoms with E-state index in [0.29, 0.717) is 0 Å². The monoisotopic (exact) mass is 306 g/mol. The summed E-state index contributed by atoms with van der Waals surface area (Å²) in [4.78, 5) is 13.9. The van der Waals surface area contributed by atoms with E-state index >= 15 is 0 Å². The van der Waals surface area contributed by atoms with Crippen LogP contribution in [-0.4, -0.2) is 71.5 Å². The number of nitrogens with zero attached hydrogens (tertiary/aromatic N) is 4. The maximum absolute atomic E-state index is 4.59. The fourth-order valence-corrected chi connectivity index (χ4v) is 4.61. The number of rotatable bonds is 5. The molecule has 1 aromatic rings. The number of likely N-dealkylation sites (N-methyl/N-ethyl adjacent to an activating group) is 1. The number of hydrogen-bond acceptors (Lipinski definition) is 5. The summed E-state index contributed by atoms with van der Waals surface area (Å²) in [6.07, 6.45) is 4.84. The van der Waals surface area contributed by atoms with E-state index in [1.165, 1.54) is 68.5 Å². The van der Waals surface area contributed by atoms with Gasteiger partial charge in [-0.3, -0.25) is 9.80 Å². The Morgan fingerprint density at radius 3 is 2.57 bits per heavy atom. The molecule has 0 bridgehead atoms. The van der Waals surface area contributed by atoms with E-state index in [4.69, 9.17) is 0 Å². The molecule has 0 atom stereocenters. The van der Waals surface area contributed by atoms with Crippen molar-refractivity contribution in [2.75, 3.05) is 45.8 Å². The maximum Gasteiger partial charge on any atom is 0.0959 e. The van der Waals surface area contributed by atoms with Gasteiger partial charge in [-0.2, -0.15) is 0 Å². The Labute approximate surface area is 131 Å². The molecule has 3 heterocycles. The van der Waals surface area contributed by atoms with E-state index in [2.05, 4.69) is 32.8 Å². The Kier molecular flexibility index (Phi) is 4.00. The third-order valence-corrected chi connectivity index (χ3v) is 6.33. The smallest absolute Gasteiger partial charge is 0.0959 e. The highest BCUT2D eigenvalue weighted by atomic mass is 32.1. The first-order valence-electron chi connectivity index (χ1n) is 8.45. The Bertz CT molecular complexity index is 470. The van der Waals surface area contributed by atoms with E-state index in [1.54, 1.807) is 0 Å². The van der Waals surface area contributed by atoms with E-state index in [-0.39, 0.29) is 0 Å². The number of likely N-dealkylation sites (tertiary alicyclic amines) is 1. The van der Waals surface area contributed by atoms with Crippen LogP contribution in [0.2, 0.25) is 0 Å². The second-order valence-electron chi connectivity index (χ2n) is 6.76. The van der Waals surface area contributed by atoms with Gasteiger partial charge >= 0.3 is 0 Å². The minimum absolute atomic E-state index is 0.805. The number of thiazole rings is 1. The molecule has 0 unspecified atom stereocenters. The van der Waals surface area contributed by atoms with Gasteiger partial charge in [0.15, 0.2) is 0 Å². The van der Waals surface area contributed by atoms with Gasteiger partial charge in [-0.05, 0) is 19.4 Å². The van der Waals surface area contributed by atoms with Gasteiger partial charge in [0.1, 0.15) is 0 Å². The molecule has 4 rings (SSSR count). The molecule has 0 radical (unpaired) electrons. The SMILES string of the molecule is CCN1CCN(C2CN(Cc3cnc(C4CC4)s3)C2)CC1. The van der Waals surface area contributed by atoms with Crippen LogP contribution in [-0.2, 0) is 6.54 Å². The molecule has 5 heteroatoms. The molecule has 2 aliphatic heterocycles. The molecule has 1 saturated carbocycles. The Morgan fingerprint density at radius 2 is 1.90 bits per heavy atom. The van der Waals surface area contributed by atoms with E-state index in [0.717, 1.165) is 18.5 Å². The number of aromatic nitrogens is 1. The third-order valence-electron chi connectivity index (χ3n) is 5.19. The fraction of sp³-hybridized carbons (Fsp3) is 0.812. The average Bonchev–Trinajstić information content (AvgIpc) is 3.22. The molecule has 21 heavy (non-hydrogen) atoms. The number of hydrogen-bond donors (Lipinski definition) is 0. The van der Waals surface area contributed by atoms with Crippen LogP contribution in [0, 0.1) is 0 Å². The Hall–Kier alpha value is -0.490. The molecule has 2 saturated heterocycles. The molecule has 3 fully saturated rings. The topological polar surface area (TPSA) is 22.6 Å². The van der Waals surface area contributed by atoms with Crippen LogP contribution in [0.25, 0.3) is 0 Å². The molecule has 0 amide bonds. The molecule has 0 N–H and O–H groups in total. The highest BCUT2D eigenvalue weighted by Gasteiger charge is 2.33. The van der Waals surface area contributed by atoms with Crippen LogP contribution in [0.3, 0.4) is 0 Å². The van der Waals surface area contributed by atoms with Gasteiger partial charge in [-0.15, -0.1) is 11.3 Å². The van der Waals surface area contributed by atoms with Crippen LogP contribution in [0.15, 0.2) is 6.20 Å². The molecule has 1 aromatic heterocycles. The molecular formula is C16H26N4S. The minimum Gasteiger partial charge on any atom is -0.301 e. The van der Waals surface area contributed by atoms with Gasteiger partial charge in [-0.1, -0.05) is 6.92 Å². The van der Waals surface area contributed by atoms with Crippen molar-refractivity contribution in [1.82, 2.24) is 19.7 Å². The van der Waals surface area contributed by atoms with Crippen LogP contribution in [0.5, 0.6) is 0 Å². The maximum atomic E-state index is 4.59. The van der Waals surface area contributed by atoms with Gasteiger partial charge in [0.25, 0.3) is 0 Å². The van der Waals surface area contributed by atoms with Gasteiger partial charge in [0.2, 0.25) is 0 Å². The molecular weight excluding hydrogens is 280 g/mol. The van der Waals surface area contributed by atoms with Crippen LogP contribution >= 0.6 is 11.3 Å². The normalized spacial score (nSPS) is 26.1. The second kappa shape index (κ2) is 5.95. The summed E-state index contributed by atoms with van der Waals surface area (Å²) in [7, 11) is 0. The molecule has 4 nitrogen and oxygen atoms in total. The summed E-state index contributed by atoms with van der Waals surface area (Å²) in [6, 6.07) is 0.805. The Balaban J connectivity index is 1.22. The molecule has 1 aliphatic carbocycles. The lowest BCUT2D eigenvalue weighted by Gasteiger charge is -2.48. The fourth-order valence-electron chi connectivity index (χ4n) is 3.48. The van der Waals surface area contributed by atoms with Gasteiger partial charge in [0, 0.05) is 68.8 Å². The van der Waals surface area contributed by atoms with Crippen molar-refractivity contribution < 1.29 is 0 Å². The van der Waals surface area contributed by atoms with Crippen molar-refractivity contribution >= 4 is 11.3 Å². The lowest BCUT2D eigenvalue weighted by atomic mass is 10.1. The van der Waals surface area contributed by atoms with E-state index in [1.807, 2.05) is 11.3 Å². The van der Waals surface area contributed by atoms with Crippen LogP contribution in [0.1, 0.15) is 35.6 Å². The summed E-state index contributed by atoms with van der Waals surface area (Å²) < 4.78 is 0. The highest BCUT2D eigenvalue weighted by molar-refractivity contribution is 7.11. The van der Waals surface area contributed by atoms with Crippen molar-refractivity contribution in [2.45, 2.75) is 38.3 Å². The summed E-state index contributed by atoms with van der Waals surface area (Å²) in [5, 5.41) is 1.39. The van der Waals surface area contributed by atoms with Gasteiger partial charge < -0.3 is 4.90 Å². The lowest BCUT2D eigenvalue weighted by molar-refractivity contribution is 0.00256. The lowest BCUT2D eigenvalue weighted by Crippen LogP contribution is -2.62. The van der Waals surface area contributed by atoms with E-state index < -0.39 is 0 Å². The van der Waals surface area contributed by atoms with Gasteiger partial charge in [-0.25, -0.2) is 4.98 Å². The van der Waals surface area contributed by atoms with Crippen molar-refractivity contribution in [1.29, 1.82) is 0 Å². The first-order chi connectivity index (χ1) is 10.3. The average molecular weight is 306 g/mol. The summed E-state index contributed by atoms with van der Waals surface area (Å²) in [6.45, 7) is 12.1. The summed E-state index contributed by atoms with van der Waals surface area (Å²) in [5.41, 5.74) is 0. The Morgan fingerprint density at radius 1 is 1.14 bits per heavy atom. The quantitative estimate of drug-likeness (QED) is 0.828. The molecule has 3 aliphatic rings. The third kappa shape index (κ3) is 3.16. The predicted octanol–water partition coefficient (Wildman–Crippen LogP) is 1.84. The largest absolute Gasteiger partial charge is 0.301 e. The zero-order chi connectivity index (χ0) is 14.2. The first kappa shape index (κ1) is 14.1. The molecule has 116 valence electrons. The zero-order valence-electron chi connectivity index (χ0n) is 13.0. The number of piperazine rings is 1. The van der Waals surface area contributed by atoms with Crippen molar-refractivity contribution in [2.24, 2.45) is 0 Å². The predicted molar refractivity (Wildman–Crippen MR) is 86.8 cm³/mol. The minimum atomic E-state index is 0.805. The highest BCUT2D eigenvalue weighted by Crippen LogP contribution is 2.42. The van der Waals surface area contributed by atoms with E-state index in [9.17, 15) is 0 Å². The zero-order valence-corrected chi connectivity index (χ0v) is 13.8. The standard InChI is InChI=1S/C16H26N4S/c1-2-18-5-7-20(8-6-18)14-10-19(11-14)12-15-9-17-16(21-15)13-3-4-13/h9,13-14H,2-8,10-12H2,1H3. The molecule has 0 spiro atoms. The van der Waals surface area contributed by atoms with Crippen molar-refractivity contribution in [3.05, 3.63) is 16.1 Å². The van der Waals surface area contributed by atoms with Gasteiger partial charge in [0.05, 0.1) is 5.01 Å². The summed E-state index contributed by atoms with van der Waals surface area (Å²) >= 11 is 1.95. The molecule has 0 aromatic carbocycles. The van der Waals surface area contributed by atoms with Crippen molar-refractivity contribution in [3.8, 4) is 0 Å². The summed E-state index contributed by atoms with van der Waals surface area (Å²) in [5.74, 6) is 0.808. The first-order valence-corrected chi connectivity index (χ1v) is 9.27.